The molecule has 5 nitrogen and oxygen atoms in total. The van der Waals surface area contributed by atoms with Gasteiger partial charge in [-0.2, -0.15) is 8.97 Å². The first-order valence-corrected chi connectivity index (χ1v) is 10.2. The quantitative estimate of drug-likeness (QED) is 0.596. The molecule has 1 aromatic heterocycles. The number of carbonyl (C=O) groups excluding carboxylic acids is 1. The molecular formula is C21H30F3N4O+. The van der Waals surface area contributed by atoms with E-state index >= 15 is 0 Å². The van der Waals surface area contributed by atoms with Crippen LogP contribution in [0.4, 0.5) is 18.9 Å². The number of alkyl halides is 2. The highest BCUT2D eigenvalue weighted by molar-refractivity contribution is 5.92. The molecule has 0 aromatic carbocycles. The van der Waals surface area contributed by atoms with E-state index in [1.165, 1.54) is 31.4 Å². The number of hydrogen-bond donors (Lipinski definition) is 1. The summed E-state index contributed by atoms with van der Waals surface area (Å²) in [6, 6.07) is 3.42. The Hall–Kier alpha value is -1.96. The second kappa shape index (κ2) is 8.81. The normalized spacial score (nSPS) is 23.3. The minimum absolute atomic E-state index is 0.204. The summed E-state index contributed by atoms with van der Waals surface area (Å²) in [5, 5.41) is 2.03. The molecule has 0 saturated heterocycles. The predicted molar refractivity (Wildman–Crippen MR) is 106 cm³/mol. The molecule has 0 bridgehead atoms. The van der Waals surface area contributed by atoms with E-state index in [2.05, 4.69) is 30.7 Å². The van der Waals surface area contributed by atoms with Crippen LogP contribution >= 0.6 is 0 Å². The molecule has 2 unspecified atom stereocenters. The van der Waals surface area contributed by atoms with E-state index in [1.807, 2.05) is 16.1 Å². The van der Waals surface area contributed by atoms with Crippen LogP contribution in [-0.2, 0) is 0 Å². The van der Waals surface area contributed by atoms with Gasteiger partial charge in [0.25, 0.3) is 24.0 Å². The Morgan fingerprint density at radius 1 is 1.34 bits per heavy atom. The third kappa shape index (κ3) is 5.35. The smallest absolute Gasteiger partial charge is 0.285 e. The Morgan fingerprint density at radius 3 is 2.66 bits per heavy atom. The van der Waals surface area contributed by atoms with Gasteiger partial charge >= 0.3 is 0 Å². The van der Waals surface area contributed by atoms with Gasteiger partial charge in [0.2, 0.25) is 0 Å². The molecule has 8 heteroatoms. The minimum Gasteiger partial charge on any atom is -0.345 e. The van der Waals surface area contributed by atoms with E-state index in [9.17, 15) is 18.0 Å². The molecule has 1 aromatic rings. The lowest BCUT2D eigenvalue weighted by Crippen LogP contribution is -2.44. The van der Waals surface area contributed by atoms with Gasteiger partial charge in [-0.15, -0.1) is 0 Å². The van der Waals surface area contributed by atoms with Crippen molar-refractivity contribution >= 4 is 17.8 Å². The fraction of sp³-hybridized carbons (Fsp3) is 0.667. The molecule has 1 aliphatic carbocycles. The molecule has 160 valence electrons. The zero-order chi connectivity index (χ0) is 21.2. The van der Waals surface area contributed by atoms with Gasteiger partial charge in [-0.3, -0.25) is 9.69 Å². The molecule has 29 heavy (non-hydrogen) atoms. The van der Waals surface area contributed by atoms with Crippen LogP contribution < -0.4 is 5.32 Å². The first kappa shape index (κ1) is 21.7. The van der Waals surface area contributed by atoms with Crippen molar-refractivity contribution in [1.29, 1.82) is 0 Å². The molecule has 1 N–H and O–H groups in total. The van der Waals surface area contributed by atoms with Crippen LogP contribution in [0.3, 0.4) is 0 Å². The van der Waals surface area contributed by atoms with E-state index in [-0.39, 0.29) is 5.69 Å². The van der Waals surface area contributed by atoms with E-state index < -0.39 is 24.8 Å². The highest BCUT2D eigenvalue weighted by Gasteiger charge is 2.37. The Kier molecular flexibility index (Phi) is 6.61. The maximum absolute atomic E-state index is 14.5. The fourth-order valence-corrected chi connectivity index (χ4v) is 4.28. The van der Waals surface area contributed by atoms with Crippen molar-refractivity contribution in [2.24, 2.45) is 11.3 Å². The lowest BCUT2D eigenvalue weighted by Gasteiger charge is -2.31. The van der Waals surface area contributed by atoms with Crippen molar-refractivity contribution in [3.63, 3.8) is 0 Å². The van der Waals surface area contributed by atoms with Gasteiger partial charge in [-0.25, -0.2) is 13.8 Å². The first-order valence-electron chi connectivity index (χ1n) is 10.2. The van der Waals surface area contributed by atoms with Crippen LogP contribution in [0.1, 0.15) is 50.5 Å². The van der Waals surface area contributed by atoms with Crippen molar-refractivity contribution < 1.29 is 22.5 Å². The van der Waals surface area contributed by atoms with Crippen LogP contribution in [0.25, 0.3) is 0 Å². The van der Waals surface area contributed by atoms with Gasteiger partial charge in [-0.1, -0.05) is 20.8 Å². The molecule has 0 radical (unpaired) electrons. The molecule has 3 rings (SSSR count). The molecule has 2 heterocycles. The predicted octanol–water partition coefficient (Wildman–Crippen LogP) is 3.46. The number of halogens is 3. The summed E-state index contributed by atoms with van der Waals surface area (Å²) in [6.45, 7) is 8.36. The van der Waals surface area contributed by atoms with Crippen LogP contribution in [0.2, 0.25) is 0 Å². The van der Waals surface area contributed by atoms with E-state index in [0.717, 1.165) is 19.0 Å². The summed E-state index contributed by atoms with van der Waals surface area (Å²) >= 11 is 0. The molecule has 2 atom stereocenters. The van der Waals surface area contributed by atoms with Crippen molar-refractivity contribution in [1.82, 2.24) is 15.2 Å². The van der Waals surface area contributed by atoms with Gasteiger partial charge in [0.15, 0.2) is 12.8 Å². The fourth-order valence-electron chi connectivity index (χ4n) is 4.28. The lowest BCUT2D eigenvalue weighted by molar-refractivity contribution is -0.446. The largest absolute Gasteiger partial charge is 0.345 e. The molecular weight excluding hydrogens is 381 g/mol. The molecule has 1 saturated carbocycles. The first-order chi connectivity index (χ1) is 13.6. The second-order valence-corrected chi connectivity index (χ2v) is 9.01. The van der Waals surface area contributed by atoms with Gasteiger partial charge in [0, 0.05) is 12.1 Å². The average Bonchev–Trinajstić information content (AvgIpc) is 3.17. The van der Waals surface area contributed by atoms with Crippen LogP contribution in [0, 0.1) is 17.3 Å². The van der Waals surface area contributed by atoms with Crippen molar-refractivity contribution in [2.45, 2.75) is 52.5 Å². The zero-order valence-corrected chi connectivity index (χ0v) is 17.3. The van der Waals surface area contributed by atoms with Crippen LogP contribution in [0.5, 0.6) is 0 Å². The van der Waals surface area contributed by atoms with Gasteiger partial charge in [0.05, 0.1) is 19.6 Å². The summed E-state index contributed by atoms with van der Waals surface area (Å²) in [6.07, 6.45) is 2.96. The number of pyridine rings is 1. The number of nitrogens with zero attached hydrogens (tertiary/aromatic N) is 3. The molecule has 0 spiro atoms. The maximum Gasteiger partial charge on any atom is 0.285 e. The summed E-state index contributed by atoms with van der Waals surface area (Å²) in [4.78, 5) is 17.9. The average molecular weight is 411 g/mol. The summed E-state index contributed by atoms with van der Waals surface area (Å²) in [5.41, 5.74) is 0.428. The summed E-state index contributed by atoms with van der Waals surface area (Å²) < 4.78 is 40.7. The second-order valence-electron chi connectivity index (χ2n) is 9.01. The topological polar surface area (TPSA) is 48.2 Å². The van der Waals surface area contributed by atoms with Gasteiger partial charge in [-0.05, 0) is 36.7 Å². The molecule has 1 amide bonds. The Morgan fingerprint density at radius 2 is 2.10 bits per heavy atom. The van der Waals surface area contributed by atoms with Gasteiger partial charge in [0.1, 0.15) is 5.69 Å². The van der Waals surface area contributed by atoms with E-state index in [0.29, 0.717) is 23.7 Å². The highest BCUT2D eigenvalue weighted by atomic mass is 19.3. The van der Waals surface area contributed by atoms with Crippen LogP contribution in [-0.4, -0.2) is 65.2 Å². The maximum atomic E-state index is 14.5. The molecule has 1 fully saturated rings. The number of nitrogens with one attached hydrogen (secondary N) is 1. The monoisotopic (exact) mass is 411 g/mol. The number of carbonyl (C=O) groups is 1. The van der Waals surface area contributed by atoms with Crippen molar-refractivity contribution in [3.8, 4) is 0 Å². The summed E-state index contributed by atoms with van der Waals surface area (Å²) in [7, 11) is 0. The number of amides is 1. The lowest BCUT2D eigenvalue weighted by atomic mass is 9.79. The summed E-state index contributed by atoms with van der Waals surface area (Å²) in [5.74, 6) is -0.844. The third-order valence-electron chi connectivity index (χ3n) is 6.10. The van der Waals surface area contributed by atoms with E-state index in [1.54, 1.807) is 0 Å². The van der Waals surface area contributed by atoms with Gasteiger partial charge < -0.3 is 5.32 Å². The van der Waals surface area contributed by atoms with E-state index in [4.69, 9.17) is 0 Å². The van der Waals surface area contributed by atoms with Crippen molar-refractivity contribution in [2.75, 3.05) is 26.2 Å². The number of aromatic nitrogens is 1. The highest BCUT2D eigenvalue weighted by Crippen LogP contribution is 2.41. The Labute approximate surface area is 170 Å². The zero-order valence-electron chi connectivity index (χ0n) is 17.3. The Balaban J connectivity index is 1.62. The molecule has 2 aliphatic rings. The molecule has 1 aliphatic heterocycles. The third-order valence-corrected chi connectivity index (χ3v) is 6.10. The van der Waals surface area contributed by atoms with Crippen molar-refractivity contribution in [3.05, 3.63) is 23.8 Å². The number of hydrogen-bond acceptors (Lipinski definition) is 3. The SMILES string of the molecule is CC(C)(C)C1CCC(N2CC=[N+](c3ccc(C(=O)NCC(F)F)nc3F)CC2)C1. The minimum atomic E-state index is -2.66. The number of rotatable bonds is 5. The standard InChI is InChI=1S/C21H29F3N4O/c1-21(2,3)14-4-5-15(12-14)27-8-10-28(11-9-27)17-7-6-16(26-19(17)24)20(29)25-13-18(22)23/h6-7,10,14-15,18H,4-5,8-9,11-13H2,1-3H3/p+1. The Bertz CT molecular complexity index is 776. The van der Waals surface area contributed by atoms with Crippen LogP contribution in [0.15, 0.2) is 12.1 Å².